The van der Waals surface area contributed by atoms with Crippen molar-refractivity contribution in [1.82, 2.24) is 4.90 Å². The number of nitrogens with zero attached hydrogens (tertiary/aromatic N) is 1. The first-order chi connectivity index (χ1) is 14.8. The van der Waals surface area contributed by atoms with E-state index in [4.69, 9.17) is 20.4 Å². The third-order valence-electron chi connectivity index (χ3n) is 5.26. The molecule has 0 radical (unpaired) electrons. The highest BCUT2D eigenvalue weighted by molar-refractivity contribution is 7.19. The molecule has 3 aromatic rings. The highest BCUT2D eigenvalue weighted by atomic mass is 32.1. The lowest BCUT2D eigenvalue weighted by molar-refractivity contribution is -0.165. The number of carbonyl (C=O) groups is 2. The van der Waals surface area contributed by atoms with E-state index in [1.165, 1.54) is 32.5 Å². The molecule has 1 aromatic heterocycles. The van der Waals surface area contributed by atoms with Crippen LogP contribution in [0.1, 0.15) is 28.3 Å². The van der Waals surface area contributed by atoms with Crippen LogP contribution in [-0.2, 0) is 16.1 Å². The van der Waals surface area contributed by atoms with Gasteiger partial charge in [0.2, 0.25) is 0 Å². The number of aliphatic hydroxyl groups is 2. The molecular formula is C23H25NO6S. The molecule has 0 fully saturated rings. The smallest absolute Gasteiger partial charge is 0.335 e. The van der Waals surface area contributed by atoms with E-state index in [9.17, 15) is 9.59 Å². The molecule has 4 N–H and O–H groups in total. The van der Waals surface area contributed by atoms with Crippen LogP contribution in [0.3, 0.4) is 0 Å². The second-order valence-electron chi connectivity index (χ2n) is 7.53. The van der Waals surface area contributed by atoms with E-state index < -0.39 is 24.1 Å². The first kappa shape index (κ1) is 22.9. The van der Waals surface area contributed by atoms with Crippen molar-refractivity contribution in [1.29, 1.82) is 0 Å². The Bertz CT molecular complexity index is 1010. The van der Waals surface area contributed by atoms with Gasteiger partial charge in [-0.2, -0.15) is 0 Å². The largest absolute Gasteiger partial charge is 0.479 e. The summed E-state index contributed by atoms with van der Waals surface area (Å²) in [5.74, 6) is -2.99. The van der Waals surface area contributed by atoms with Gasteiger partial charge >= 0.3 is 11.9 Å². The molecule has 31 heavy (non-hydrogen) atoms. The third-order valence-corrected chi connectivity index (χ3v) is 6.49. The Morgan fingerprint density at radius 2 is 1.61 bits per heavy atom. The van der Waals surface area contributed by atoms with Crippen LogP contribution in [-0.4, -0.2) is 63.1 Å². The highest BCUT2D eigenvalue weighted by Crippen LogP contribution is 2.39. The van der Waals surface area contributed by atoms with Crippen molar-refractivity contribution in [2.45, 2.75) is 31.1 Å². The van der Waals surface area contributed by atoms with Crippen molar-refractivity contribution in [3.05, 3.63) is 70.6 Å². The number of carboxylic acid groups (broad SMARTS) is 2. The Morgan fingerprint density at radius 1 is 1.00 bits per heavy atom. The number of benzene rings is 2. The van der Waals surface area contributed by atoms with Crippen LogP contribution in [0.25, 0.3) is 10.1 Å². The fourth-order valence-corrected chi connectivity index (χ4v) is 4.85. The molecule has 0 aliphatic carbocycles. The number of fused-ring (bicyclic) bond motifs is 2. The van der Waals surface area contributed by atoms with Crippen molar-refractivity contribution >= 4 is 33.4 Å². The Kier molecular flexibility index (Phi) is 7.40. The first-order valence-corrected chi connectivity index (χ1v) is 10.7. The minimum absolute atomic E-state index is 0.545. The first-order valence-electron chi connectivity index (χ1n) is 9.84. The molecule has 1 unspecified atom stereocenters. The zero-order valence-electron chi connectivity index (χ0n) is 17.0. The van der Waals surface area contributed by atoms with Crippen molar-refractivity contribution in [2.24, 2.45) is 0 Å². The lowest BCUT2D eigenvalue weighted by Crippen LogP contribution is -2.39. The fraction of sp³-hybridized carbons (Fsp3) is 0.304. The summed E-state index contributed by atoms with van der Waals surface area (Å²) in [4.78, 5) is 23.5. The van der Waals surface area contributed by atoms with Crippen molar-refractivity contribution < 1.29 is 30.0 Å². The average Bonchev–Trinajstić information content (AvgIpc) is 3.10. The molecule has 3 atom stereocenters. The van der Waals surface area contributed by atoms with Gasteiger partial charge in [-0.05, 0) is 48.7 Å². The zero-order chi connectivity index (χ0) is 22.5. The Hall–Kier alpha value is -2.78. The van der Waals surface area contributed by atoms with Crippen LogP contribution < -0.4 is 0 Å². The predicted molar refractivity (Wildman–Crippen MR) is 118 cm³/mol. The van der Waals surface area contributed by atoms with Gasteiger partial charge < -0.3 is 25.3 Å². The molecule has 0 amide bonds. The van der Waals surface area contributed by atoms with E-state index in [1.54, 1.807) is 0 Å². The summed E-state index contributed by atoms with van der Waals surface area (Å²) in [5, 5.41) is 33.9. The van der Waals surface area contributed by atoms with Crippen molar-refractivity contribution in [3.8, 4) is 0 Å². The maximum atomic E-state index is 9.77. The molecule has 0 saturated carbocycles. The van der Waals surface area contributed by atoms with Gasteiger partial charge in [-0.15, -0.1) is 11.3 Å². The summed E-state index contributed by atoms with van der Waals surface area (Å²) >= 11 is 1.96. The number of hydrogen-bond donors (Lipinski definition) is 4. The molecule has 1 aliphatic heterocycles. The van der Waals surface area contributed by atoms with Crippen LogP contribution in [0.2, 0.25) is 0 Å². The van der Waals surface area contributed by atoms with E-state index in [-0.39, 0.29) is 0 Å². The van der Waals surface area contributed by atoms with E-state index in [0.29, 0.717) is 5.92 Å². The Labute approximate surface area is 183 Å². The molecule has 0 saturated heterocycles. The maximum absolute atomic E-state index is 9.77. The van der Waals surface area contributed by atoms with Gasteiger partial charge in [0, 0.05) is 22.0 Å². The van der Waals surface area contributed by atoms with Crippen LogP contribution >= 0.6 is 11.3 Å². The lowest BCUT2D eigenvalue weighted by atomic mass is 9.91. The standard InChI is InChI=1S/C19H19NS.C4H6O6/c1-20-11-10-17(16-8-4-2-7-15(16)13-20)19-12-14-6-3-5-9-18(14)21-19;5-1(3(7)8)2(6)4(9)10/h2-9,12,17H,10-11,13H2,1H3;1-2,5-6H,(H,7,8)(H,9,10)/t;1-,2-/m.1/s1. The summed E-state index contributed by atoms with van der Waals surface area (Å²) < 4.78 is 1.41. The molecular weight excluding hydrogens is 418 g/mol. The summed E-state index contributed by atoms with van der Waals surface area (Å²) in [5.41, 5.74) is 3.01. The van der Waals surface area contributed by atoms with Crippen LogP contribution in [0, 0.1) is 0 Å². The second kappa shape index (κ2) is 10.0. The molecule has 0 spiro atoms. The van der Waals surface area contributed by atoms with Gasteiger partial charge in [-0.3, -0.25) is 0 Å². The number of aliphatic carboxylic acids is 2. The lowest BCUT2D eigenvalue weighted by Gasteiger charge is -2.15. The topological polar surface area (TPSA) is 118 Å². The summed E-state index contributed by atoms with van der Waals surface area (Å²) in [6.45, 7) is 2.23. The number of rotatable bonds is 4. The van der Waals surface area contributed by atoms with E-state index in [2.05, 4.69) is 66.5 Å². The minimum Gasteiger partial charge on any atom is -0.479 e. The third kappa shape index (κ3) is 5.48. The predicted octanol–water partition coefficient (Wildman–Crippen LogP) is 2.75. The summed E-state index contributed by atoms with van der Waals surface area (Å²) in [6, 6.07) is 20.1. The molecule has 7 nitrogen and oxygen atoms in total. The van der Waals surface area contributed by atoms with E-state index in [1.807, 2.05) is 11.3 Å². The zero-order valence-corrected chi connectivity index (χ0v) is 17.8. The molecule has 8 heteroatoms. The molecule has 0 bridgehead atoms. The van der Waals surface area contributed by atoms with Gasteiger partial charge in [-0.25, -0.2) is 9.59 Å². The monoisotopic (exact) mass is 443 g/mol. The Morgan fingerprint density at radius 3 is 2.26 bits per heavy atom. The van der Waals surface area contributed by atoms with Crippen LogP contribution in [0.4, 0.5) is 0 Å². The normalized spacial score (nSPS) is 18.2. The highest BCUT2D eigenvalue weighted by Gasteiger charge is 2.29. The van der Waals surface area contributed by atoms with Gasteiger partial charge in [0.25, 0.3) is 0 Å². The Balaban J connectivity index is 0.000000233. The number of aliphatic hydroxyl groups excluding tert-OH is 2. The molecule has 1 aliphatic rings. The van der Waals surface area contributed by atoms with Gasteiger partial charge in [0.1, 0.15) is 0 Å². The maximum Gasteiger partial charge on any atom is 0.335 e. The summed E-state index contributed by atoms with van der Waals surface area (Å²) in [7, 11) is 2.23. The van der Waals surface area contributed by atoms with Gasteiger partial charge in [-0.1, -0.05) is 42.5 Å². The number of thiophene rings is 1. The van der Waals surface area contributed by atoms with Crippen LogP contribution in [0.15, 0.2) is 54.6 Å². The van der Waals surface area contributed by atoms with Gasteiger partial charge in [0.05, 0.1) is 0 Å². The fourth-order valence-electron chi connectivity index (χ4n) is 3.63. The number of carboxylic acids is 2. The summed E-state index contributed by atoms with van der Waals surface area (Å²) in [6.07, 6.45) is -3.32. The van der Waals surface area contributed by atoms with Gasteiger partial charge in [0.15, 0.2) is 12.2 Å². The van der Waals surface area contributed by atoms with E-state index >= 15 is 0 Å². The molecule has 2 heterocycles. The van der Waals surface area contributed by atoms with E-state index in [0.717, 1.165) is 13.1 Å². The van der Waals surface area contributed by atoms with Crippen LogP contribution in [0.5, 0.6) is 0 Å². The quantitative estimate of drug-likeness (QED) is 0.490. The molecule has 164 valence electrons. The van der Waals surface area contributed by atoms with Crippen molar-refractivity contribution in [2.75, 3.05) is 13.6 Å². The van der Waals surface area contributed by atoms with Crippen molar-refractivity contribution in [3.63, 3.8) is 0 Å². The average molecular weight is 444 g/mol. The number of hydrogen-bond acceptors (Lipinski definition) is 6. The molecule has 2 aromatic carbocycles. The SMILES string of the molecule is CN1CCC(c2cc3ccccc3s2)c2ccccc2C1.O=C(O)[C@H](O)[C@@H](O)C(=O)O. The minimum atomic E-state index is -2.27. The second-order valence-corrected chi connectivity index (χ2v) is 8.65. The molecule has 4 rings (SSSR count).